The number of thiazole rings is 1. The quantitative estimate of drug-likeness (QED) is 0.465. The van der Waals surface area contributed by atoms with Crippen LogP contribution in [0.2, 0.25) is 0 Å². The Bertz CT molecular complexity index is 1420. The zero-order valence-corrected chi connectivity index (χ0v) is 20.1. The summed E-state index contributed by atoms with van der Waals surface area (Å²) in [6.07, 6.45) is 0.0900. The smallest absolute Gasteiger partial charge is 0.268 e. The van der Waals surface area contributed by atoms with Gasteiger partial charge in [0.1, 0.15) is 11.5 Å². The number of rotatable bonds is 6. The number of fused-ring (bicyclic) bond motifs is 1. The van der Waals surface area contributed by atoms with E-state index in [9.17, 15) is 14.0 Å². The standard InChI is InChI=1S/C24H26FN5O2S/c1-13(2)11-26-21(31)10-18-12-33-24-27-16(5)22(23(32)29(18)24)19-8-15(4)30(28-19)20-9-17(25)7-6-14(20)3/h6-9,12-13H,10-11H2,1-5H3,(H,26,31). The van der Waals surface area contributed by atoms with Crippen molar-refractivity contribution in [2.75, 3.05) is 6.54 Å². The van der Waals surface area contributed by atoms with Gasteiger partial charge in [0.05, 0.1) is 23.4 Å². The minimum Gasteiger partial charge on any atom is -0.356 e. The van der Waals surface area contributed by atoms with Gasteiger partial charge in [-0.05, 0) is 50.5 Å². The van der Waals surface area contributed by atoms with Crippen LogP contribution in [-0.4, -0.2) is 31.6 Å². The van der Waals surface area contributed by atoms with Crippen molar-refractivity contribution >= 4 is 22.2 Å². The van der Waals surface area contributed by atoms with Crippen LogP contribution in [0.3, 0.4) is 0 Å². The molecule has 0 saturated heterocycles. The van der Waals surface area contributed by atoms with Crippen LogP contribution in [-0.2, 0) is 11.2 Å². The molecule has 7 nitrogen and oxygen atoms in total. The molecule has 0 aliphatic carbocycles. The topological polar surface area (TPSA) is 81.3 Å². The maximum absolute atomic E-state index is 13.9. The Balaban J connectivity index is 1.78. The normalized spacial score (nSPS) is 11.5. The highest BCUT2D eigenvalue weighted by Gasteiger charge is 2.20. The van der Waals surface area contributed by atoms with Crippen molar-refractivity contribution in [3.63, 3.8) is 0 Å². The molecule has 172 valence electrons. The molecule has 9 heteroatoms. The average molecular weight is 468 g/mol. The van der Waals surface area contributed by atoms with Crippen molar-refractivity contribution in [3.8, 4) is 16.9 Å². The van der Waals surface area contributed by atoms with E-state index in [2.05, 4.69) is 15.4 Å². The number of hydrogen-bond donors (Lipinski definition) is 1. The minimum atomic E-state index is -0.356. The Labute approximate surface area is 194 Å². The molecular formula is C24H26FN5O2S. The summed E-state index contributed by atoms with van der Waals surface area (Å²) >= 11 is 1.33. The largest absolute Gasteiger partial charge is 0.356 e. The summed E-state index contributed by atoms with van der Waals surface area (Å²) < 4.78 is 17.0. The lowest BCUT2D eigenvalue weighted by molar-refractivity contribution is -0.120. The van der Waals surface area contributed by atoms with E-state index in [0.29, 0.717) is 45.8 Å². The number of nitrogens with one attached hydrogen (secondary N) is 1. The molecule has 3 aromatic heterocycles. The number of carbonyl (C=O) groups is 1. The molecule has 0 unspecified atom stereocenters. The molecule has 1 N–H and O–H groups in total. The number of carbonyl (C=O) groups excluding carboxylic acids is 1. The Hall–Kier alpha value is -3.33. The first-order valence-electron chi connectivity index (χ1n) is 10.8. The molecule has 0 atom stereocenters. The van der Waals surface area contributed by atoms with Crippen molar-refractivity contribution in [1.29, 1.82) is 0 Å². The molecular weight excluding hydrogens is 441 g/mol. The lowest BCUT2D eigenvalue weighted by Crippen LogP contribution is -2.30. The van der Waals surface area contributed by atoms with Gasteiger partial charge in [-0.15, -0.1) is 11.3 Å². The predicted octanol–water partition coefficient (Wildman–Crippen LogP) is 3.99. The molecule has 0 aliphatic rings. The molecule has 0 bridgehead atoms. The summed E-state index contributed by atoms with van der Waals surface area (Å²) in [5.74, 6) is -0.156. The highest BCUT2D eigenvalue weighted by atomic mass is 32.1. The van der Waals surface area contributed by atoms with E-state index in [1.807, 2.05) is 27.7 Å². The van der Waals surface area contributed by atoms with E-state index in [1.165, 1.54) is 27.9 Å². The van der Waals surface area contributed by atoms with Gasteiger partial charge < -0.3 is 5.32 Å². The summed E-state index contributed by atoms with van der Waals surface area (Å²) in [4.78, 5) is 31.0. The molecule has 33 heavy (non-hydrogen) atoms. The highest BCUT2D eigenvalue weighted by molar-refractivity contribution is 7.15. The van der Waals surface area contributed by atoms with Crippen LogP contribution >= 0.6 is 11.3 Å². The monoisotopic (exact) mass is 467 g/mol. The van der Waals surface area contributed by atoms with Gasteiger partial charge in [-0.25, -0.2) is 14.1 Å². The summed E-state index contributed by atoms with van der Waals surface area (Å²) in [6.45, 7) is 10.1. The van der Waals surface area contributed by atoms with Gasteiger partial charge >= 0.3 is 0 Å². The van der Waals surface area contributed by atoms with Crippen molar-refractivity contribution in [2.45, 2.75) is 41.0 Å². The molecule has 0 saturated carbocycles. The summed E-state index contributed by atoms with van der Waals surface area (Å²) in [5, 5.41) is 9.30. The second-order valence-electron chi connectivity index (χ2n) is 8.61. The highest BCUT2D eigenvalue weighted by Crippen LogP contribution is 2.25. The van der Waals surface area contributed by atoms with E-state index < -0.39 is 0 Å². The van der Waals surface area contributed by atoms with E-state index in [1.54, 1.807) is 29.1 Å². The zero-order chi connectivity index (χ0) is 23.9. The Kier molecular flexibility index (Phi) is 6.16. The SMILES string of the molecule is Cc1ccc(F)cc1-n1nc(-c2c(C)nc3scc(CC(=O)NCC(C)C)n3c2=O)cc1C. The Morgan fingerprint density at radius 1 is 1.21 bits per heavy atom. The van der Waals surface area contributed by atoms with Gasteiger partial charge in [-0.2, -0.15) is 5.10 Å². The second kappa shape index (κ2) is 8.90. The molecule has 0 radical (unpaired) electrons. The van der Waals surface area contributed by atoms with Gasteiger partial charge in [0.15, 0.2) is 4.96 Å². The van der Waals surface area contributed by atoms with E-state index in [-0.39, 0.29) is 23.7 Å². The molecule has 0 spiro atoms. The number of hydrogen-bond acceptors (Lipinski definition) is 5. The van der Waals surface area contributed by atoms with E-state index in [4.69, 9.17) is 0 Å². The summed E-state index contributed by atoms with van der Waals surface area (Å²) in [7, 11) is 0. The second-order valence-corrected chi connectivity index (χ2v) is 9.45. The van der Waals surface area contributed by atoms with Crippen molar-refractivity contribution in [1.82, 2.24) is 24.5 Å². The third-order valence-electron chi connectivity index (χ3n) is 5.41. The summed E-state index contributed by atoms with van der Waals surface area (Å²) in [5.41, 5.74) is 3.94. The van der Waals surface area contributed by atoms with Crippen LogP contribution in [0.15, 0.2) is 34.4 Å². The molecule has 1 amide bonds. The van der Waals surface area contributed by atoms with Crippen molar-refractivity contribution in [3.05, 3.63) is 68.5 Å². The van der Waals surface area contributed by atoms with Gasteiger partial charge in [-0.3, -0.25) is 14.0 Å². The third-order valence-corrected chi connectivity index (χ3v) is 6.29. The van der Waals surface area contributed by atoms with Crippen LogP contribution in [0.25, 0.3) is 21.9 Å². The molecule has 0 fully saturated rings. The van der Waals surface area contributed by atoms with Crippen LogP contribution < -0.4 is 10.9 Å². The fraction of sp³-hybridized carbons (Fsp3) is 0.333. The number of nitrogens with zero attached hydrogens (tertiary/aromatic N) is 4. The predicted molar refractivity (Wildman–Crippen MR) is 128 cm³/mol. The lowest BCUT2D eigenvalue weighted by atomic mass is 10.1. The maximum atomic E-state index is 13.9. The van der Waals surface area contributed by atoms with Crippen LogP contribution in [0, 0.1) is 32.5 Å². The first-order valence-corrected chi connectivity index (χ1v) is 11.6. The minimum absolute atomic E-state index is 0.0900. The number of halogens is 1. The first kappa shape index (κ1) is 22.8. The fourth-order valence-corrected chi connectivity index (χ4v) is 4.65. The van der Waals surface area contributed by atoms with Crippen LogP contribution in [0.1, 0.15) is 36.5 Å². The number of aryl methyl sites for hydroxylation is 3. The van der Waals surface area contributed by atoms with Gasteiger partial charge in [0.25, 0.3) is 5.56 Å². The molecule has 4 rings (SSSR count). The lowest BCUT2D eigenvalue weighted by Gasteiger charge is -2.09. The van der Waals surface area contributed by atoms with E-state index >= 15 is 0 Å². The van der Waals surface area contributed by atoms with Crippen LogP contribution in [0.4, 0.5) is 4.39 Å². The van der Waals surface area contributed by atoms with Gasteiger partial charge in [-0.1, -0.05) is 19.9 Å². The number of aromatic nitrogens is 4. The van der Waals surface area contributed by atoms with Crippen LogP contribution in [0.5, 0.6) is 0 Å². The average Bonchev–Trinajstić information content (AvgIpc) is 3.31. The molecule has 4 aromatic rings. The zero-order valence-electron chi connectivity index (χ0n) is 19.3. The molecule has 1 aromatic carbocycles. The third kappa shape index (κ3) is 4.45. The molecule has 0 aliphatic heterocycles. The maximum Gasteiger partial charge on any atom is 0.268 e. The number of benzene rings is 1. The van der Waals surface area contributed by atoms with Crippen molar-refractivity contribution < 1.29 is 9.18 Å². The van der Waals surface area contributed by atoms with Gasteiger partial charge in [0, 0.05) is 23.3 Å². The Morgan fingerprint density at radius 3 is 2.70 bits per heavy atom. The number of amides is 1. The fourth-order valence-electron chi connectivity index (χ4n) is 3.72. The van der Waals surface area contributed by atoms with E-state index in [0.717, 1.165) is 11.3 Å². The van der Waals surface area contributed by atoms with Gasteiger partial charge in [0.2, 0.25) is 5.91 Å². The Morgan fingerprint density at radius 2 is 1.97 bits per heavy atom. The summed E-state index contributed by atoms with van der Waals surface area (Å²) in [6, 6.07) is 6.32. The van der Waals surface area contributed by atoms with Crippen molar-refractivity contribution in [2.24, 2.45) is 5.92 Å². The molecule has 3 heterocycles. The first-order chi connectivity index (χ1) is 15.7.